The molecule has 6 rings (SSSR count). The van der Waals surface area contributed by atoms with Gasteiger partial charge in [0.1, 0.15) is 0 Å². The number of fused-ring (bicyclic) bond motifs is 3. The molecule has 3 heteroatoms. The molecule has 1 nitrogen and oxygen atoms in total. The Kier molecular flexibility index (Phi) is 6.16. The number of unbranched alkanes of at least 4 members (excludes halogenated alkanes) is 1. The maximum atomic E-state index is 4.82. The summed E-state index contributed by atoms with van der Waals surface area (Å²) in [6.45, 7) is 7.16. The fourth-order valence-corrected chi connectivity index (χ4v) is 28.2. The molecule has 3 aromatic carbocycles. The van der Waals surface area contributed by atoms with Crippen molar-refractivity contribution in [2.45, 2.75) is 49.6 Å². The summed E-state index contributed by atoms with van der Waals surface area (Å²) in [5.41, 5.74) is 13.0. The predicted octanol–water partition coefficient (Wildman–Crippen LogP) is 9.02. The molecule has 0 saturated heterocycles. The van der Waals surface area contributed by atoms with Crippen LogP contribution in [0.5, 0.6) is 0 Å². The number of rotatable bonds is 6. The van der Waals surface area contributed by atoms with E-state index in [1.807, 2.05) is 12.3 Å². The number of pyridine rings is 1. The van der Waals surface area contributed by atoms with Crippen molar-refractivity contribution >= 4 is 29.9 Å². The molecule has 0 spiro atoms. The van der Waals surface area contributed by atoms with Crippen molar-refractivity contribution in [2.24, 2.45) is 0 Å². The first-order valence-corrected chi connectivity index (χ1v) is 27.5. The van der Waals surface area contributed by atoms with Gasteiger partial charge in [-0.3, -0.25) is 0 Å². The maximum absolute atomic E-state index is 4.82. The molecule has 2 unspecified atom stereocenters. The standard InChI is InChI=1S/C22H20N.C10H9.2CH3.H2Si.Zr/c1-2-3-7-16-14-18-9-5-11-19(21(18)15-16)20-12-4-8-17-10-6-13-23-22(17)20;1-8-6-9-4-2-3-5-10(9)7-8;;;;/h4-6,8-15H,2-3,7H2,1H3;2-7H,1H3;2*1H3;1H2;. The van der Waals surface area contributed by atoms with Crippen LogP contribution in [0.15, 0.2) is 90.1 Å². The van der Waals surface area contributed by atoms with Crippen molar-refractivity contribution in [2.75, 3.05) is 0 Å². The van der Waals surface area contributed by atoms with E-state index < -0.39 is 17.4 Å². The summed E-state index contributed by atoms with van der Waals surface area (Å²) in [5.74, 6) is 0. The normalized spacial score (nSPS) is 18.9. The molecule has 0 amide bonds. The Labute approximate surface area is 224 Å². The number of hydrogen-bond donors (Lipinski definition) is 0. The van der Waals surface area contributed by atoms with Crippen LogP contribution in [0.3, 0.4) is 0 Å². The summed E-state index contributed by atoms with van der Waals surface area (Å²) in [7, 11) is 0. The number of benzene rings is 3. The summed E-state index contributed by atoms with van der Waals surface area (Å²) in [6.07, 6.45) is 10.7. The monoisotopic (exact) mass is 577 g/mol. The van der Waals surface area contributed by atoms with Gasteiger partial charge >= 0.3 is 225 Å². The van der Waals surface area contributed by atoms with Crippen LogP contribution in [0.1, 0.15) is 62.6 Å². The van der Waals surface area contributed by atoms with Gasteiger partial charge in [-0.05, 0) is 0 Å². The third-order valence-corrected chi connectivity index (χ3v) is 26.6. The van der Waals surface area contributed by atoms with Gasteiger partial charge in [-0.1, -0.05) is 0 Å². The molecule has 0 saturated carbocycles. The van der Waals surface area contributed by atoms with E-state index in [0.717, 1.165) is 5.52 Å². The number of nitrogens with zero attached hydrogens (tertiary/aromatic N) is 1. The van der Waals surface area contributed by atoms with E-state index in [4.69, 9.17) is 4.98 Å². The zero-order valence-corrected chi connectivity index (χ0v) is 26.5. The second-order valence-corrected chi connectivity index (χ2v) is 42.8. The average Bonchev–Trinajstić information content (AvgIpc) is 3.45. The van der Waals surface area contributed by atoms with Crippen molar-refractivity contribution < 1.29 is 17.4 Å². The molecule has 4 aromatic rings. The first-order valence-electron chi connectivity index (χ1n) is 13.8. The number of para-hydroxylation sites is 1. The van der Waals surface area contributed by atoms with Gasteiger partial charge in [0.05, 0.1) is 0 Å². The van der Waals surface area contributed by atoms with E-state index in [9.17, 15) is 0 Å². The number of hydrogen-bond acceptors (Lipinski definition) is 1. The van der Waals surface area contributed by atoms with Crippen LogP contribution in [-0.2, 0) is 17.4 Å². The molecular formula is C34H37NSiZr. The molecule has 186 valence electrons. The van der Waals surface area contributed by atoms with Crippen molar-refractivity contribution in [3.8, 4) is 11.1 Å². The summed E-state index contributed by atoms with van der Waals surface area (Å²) >= 11 is -3.49. The van der Waals surface area contributed by atoms with E-state index in [-0.39, 0.29) is 0 Å². The molecule has 37 heavy (non-hydrogen) atoms. The van der Waals surface area contributed by atoms with Crippen LogP contribution in [-0.4, -0.2) is 11.9 Å². The zero-order valence-electron chi connectivity index (χ0n) is 22.6. The Morgan fingerprint density at radius 1 is 0.811 bits per heavy atom. The molecular weight excluding hydrogens is 542 g/mol. The second-order valence-electron chi connectivity index (χ2n) is 12.3. The Morgan fingerprint density at radius 3 is 2.38 bits per heavy atom. The molecule has 2 atom stereocenters. The van der Waals surface area contributed by atoms with Gasteiger partial charge < -0.3 is 0 Å². The fourth-order valence-electron chi connectivity index (χ4n) is 7.64. The van der Waals surface area contributed by atoms with Gasteiger partial charge in [0.15, 0.2) is 0 Å². The molecule has 0 fully saturated rings. The first-order chi connectivity index (χ1) is 17.8. The van der Waals surface area contributed by atoms with Crippen molar-refractivity contribution in [3.05, 3.63) is 112 Å². The second kappa shape index (κ2) is 9.14. The van der Waals surface area contributed by atoms with E-state index in [1.54, 1.807) is 22.3 Å². The third-order valence-electron chi connectivity index (χ3n) is 8.94. The molecule has 0 aliphatic heterocycles. The molecule has 1 heterocycles. The quantitative estimate of drug-likeness (QED) is 0.208. The Morgan fingerprint density at radius 2 is 1.54 bits per heavy atom. The van der Waals surface area contributed by atoms with Crippen LogP contribution < -0.4 is 0 Å². The molecule has 0 N–H and O–H groups in total. The Balaban J connectivity index is 1.57. The Bertz CT molecular complexity index is 1660. The van der Waals surface area contributed by atoms with E-state index in [0.29, 0.717) is 7.25 Å². The van der Waals surface area contributed by atoms with E-state index in [2.05, 4.69) is 109 Å². The van der Waals surface area contributed by atoms with Crippen LogP contribution >= 0.6 is 0 Å². The third kappa shape index (κ3) is 4.01. The summed E-state index contributed by atoms with van der Waals surface area (Å²) < 4.78 is 6.63. The van der Waals surface area contributed by atoms with Crippen molar-refractivity contribution in [3.63, 3.8) is 0 Å². The molecule has 0 radical (unpaired) electrons. The molecule has 2 aliphatic rings. The van der Waals surface area contributed by atoms with Crippen molar-refractivity contribution in [1.29, 1.82) is 0 Å². The predicted molar refractivity (Wildman–Crippen MR) is 161 cm³/mol. The van der Waals surface area contributed by atoms with Gasteiger partial charge in [0.2, 0.25) is 0 Å². The van der Waals surface area contributed by atoms with Gasteiger partial charge in [-0.25, -0.2) is 0 Å². The summed E-state index contributed by atoms with van der Waals surface area (Å²) in [6, 6.07) is 27.1. The van der Waals surface area contributed by atoms with Gasteiger partial charge in [-0.15, -0.1) is 0 Å². The summed E-state index contributed by atoms with van der Waals surface area (Å²) in [5, 5.41) is 1.21. The van der Waals surface area contributed by atoms with Crippen LogP contribution in [0.2, 0.25) is 9.26 Å². The van der Waals surface area contributed by atoms with Gasteiger partial charge in [0, 0.05) is 0 Å². The zero-order chi connectivity index (χ0) is 25.8. The van der Waals surface area contributed by atoms with Gasteiger partial charge in [0.25, 0.3) is 0 Å². The number of allylic oxidation sites excluding steroid dienone is 2. The van der Waals surface area contributed by atoms with Crippen LogP contribution in [0, 0.1) is 0 Å². The summed E-state index contributed by atoms with van der Waals surface area (Å²) in [4.78, 5) is 4.82. The molecule has 1 aromatic heterocycles. The minimum absolute atomic E-state index is 0.559. The molecule has 0 bridgehead atoms. The van der Waals surface area contributed by atoms with Crippen LogP contribution in [0.4, 0.5) is 0 Å². The van der Waals surface area contributed by atoms with Gasteiger partial charge in [-0.2, -0.15) is 0 Å². The van der Waals surface area contributed by atoms with Crippen molar-refractivity contribution in [1.82, 2.24) is 4.98 Å². The first kappa shape index (κ1) is 25.0. The fraction of sp³-hybridized carbons (Fsp3) is 0.265. The van der Waals surface area contributed by atoms with Crippen LogP contribution in [0.25, 0.3) is 34.2 Å². The topological polar surface area (TPSA) is 12.9 Å². The Hall–Kier alpha value is -2.35. The molecule has 2 aliphatic carbocycles. The van der Waals surface area contributed by atoms with E-state index >= 15 is 0 Å². The SMILES string of the molecule is CCCCC1=Cc2c(-c3cccc4cccnc34)cccc2[CH]1[Zr]([CH3])([CH3])(=[SiH2])[CH]1C(C)=Cc2ccccc21. The van der Waals surface area contributed by atoms with E-state index in [1.165, 1.54) is 46.9 Å². The number of aromatic nitrogens is 1. The average molecular weight is 579 g/mol. The minimum atomic E-state index is -3.49.